The Labute approximate surface area is 209 Å². The van der Waals surface area contributed by atoms with Crippen molar-refractivity contribution in [2.75, 3.05) is 31.3 Å². The molecule has 0 amide bonds. The van der Waals surface area contributed by atoms with Gasteiger partial charge in [-0.05, 0) is 52.4 Å². The van der Waals surface area contributed by atoms with E-state index in [4.69, 9.17) is 18.9 Å². The lowest BCUT2D eigenvalue weighted by molar-refractivity contribution is 0.174. The van der Waals surface area contributed by atoms with Crippen LogP contribution in [0.25, 0.3) is 11.1 Å². The van der Waals surface area contributed by atoms with Crippen LogP contribution in [0, 0.1) is 5.92 Å². The van der Waals surface area contributed by atoms with E-state index in [-0.39, 0.29) is 37.7 Å². The maximum absolute atomic E-state index is 12.7. The molecule has 1 aromatic carbocycles. The fourth-order valence-corrected chi connectivity index (χ4v) is 4.37. The van der Waals surface area contributed by atoms with Crippen molar-refractivity contribution < 1.29 is 27.4 Å². The second-order valence-electron chi connectivity index (χ2n) is 7.75. The summed E-state index contributed by atoms with van der Waals surface area (Å²) >= 11 is 3.26. The van der Waals surface area contributed by atoms with E-state index in [0.717, 1.165) is 17.3 Å². The molecule has 2 aliphatic rings. The van der Waals surface area contributed by atoms with Gasteiger partial charge in [0.2, 0.25) is 12.7 Å². The zero-order valence-electron chi connectivity index (χ0n) is 18.3. The van der Waals surface area contributed by atoms with Crippen molar-refractivity contribution in [3.63, 3.8) is 0 Å². The molecule has 1 aliphatic heterocycles. The van der Waals surface area contributed by atoms with Gasteiger partial charge >= 0.3 is 6.01 Å². The minimum atomic E-state index is -3.86. The fraction of sp³-hybridized carbons (Fsp3) is 0.333. The zero-order valence-corrected chi connectivity index (χ0v) is 20.7. The smallest absolute Gasteiger partial charge is 0.316 e. The third-order valence-corrected chi connectivity index (χ3v) is 6.53. The first-order valence-corrected chi connectivity index (χ1v) is 13.0. The Balaban J connectivity index is 1.37. The van der Waals surface area contributed by atoms with Gasteiger partial charge in [-0.1, -0.05) is 6.07 Å². The van der Waals surface area contributed by atoms with Gasteiger partial charge in [0, 0.05) is 18.9 Å². The monoisotopic (exact) mass is 564 g/mol. The summed E-state index contributed by atoms with van der Waals surface area (Å²) in [6.07, 6.45) is 6.40. The van der Waals surface area contributed by atoms with Crippen molar-refractivity contribution in [1.29, 1.82) is 0 Å². The first kappa shape index (κ1) is 23.5. The third-order valence-electron chi connectivity index (χ3n) is 5.11. The molecule has 2 N–H and O–H groups in total. The number of aromatic nitrogens is 4. The molecule has 2 aromatic heterocycles. The van der Waals surface area contributed by atoms with Crippen LogP contribution in [-0.2, 0) is 10.2 Å². The van der Waals surface area contributed by atoms with Gasteiger partial charge in [-0.25, -0.2) is 19.9 Å². The first-order valence-electron chi connectivity index (χ1n) is 10.7. The Morgan fingerprint density at radius 2 is 1.80 bits per heavy atom. The van der Waals surface area contributed by atoms with Crippen molar-refractivity contribution in [2.24, 2.45) is 5.92 Å². The Hall–Kier alpha value is -3.23. The van der Waals surface area contributed by atoms with E-state index in [1.165, 1.54) is 6.33 Å². The van der Waals surface area contributed by atoms with E-state index in [2.05, 4.69) is 45.3 Å². The molecule has 0 saturated heterocycles. The van der Waals surface area contributed by atoms with Crippen LogP contribution in [-0.4, -0.2) is 54.9 Å². The van der Waals surface area contributed by atoms with Crippen LogP contribution in [0.4, 0.5) is 5.82 Å². The molecular weight excluding hydrogens is 544 g/mol. The lowest BCUT2D eigenvalue weighted by atomic mass is 10.1. The number of nitrogens with zero attached hydrogens (tertiary/aromatic N) is 4. The predicted octanol–water partition coefficient (Wildman–Crippen LogP) is 2.54. The van der Waals surface area contributed by atoms with Crippen LogP contribution >= 0.6 is 15.9 Å². The standard InChI is InChI=1S/C21H21BrN6O6S/c22-15-9-23-21(24-10-15)32-6-5-31-20-18(14-3-4-16-17(7-14)34-12-33-16)19(25-11-26-20)28-35(29,30)27-8-13-1-2-13/h3-4,7,9-11,13,27H,1-2,5-6,8,12H2,(H,25,26,28). The largest absolute Gasteiger partial charge is 0.473 e. The number of hydrogen-bond acceptors (Lipinski definition) is 10. The minimum absolute atomic E-state index is 0.0642. The summed E-state index contributed by atoms with van der Waals surface area (Å²) in [5, 5.41) is 0. The Morgan fingerprint density at radius 1 is 1.03 bits per heavy atom. The Kier molecular flexibility index (Phi) is 6.83. The molecule has 0 atom stereocenters. The van der Waals surface area contributed by atoms with Crippen LogP contribution in [0.5, 0.6) is 23.4 Å². The molecular formula is C21H21BrN6O6S. The number of rotatable bonds is 11. The first-order chi connectivity index (χ1) is 17.0. The summed E-state index contributed by atoms with van der Waals surface area (Å²) < 4.78 is 53.3. The number of benzene rings is 1. The molecule has 0 spiro atoms. The van der Waals surface area contributed by atoms with Crippen molar-refractivity contribution in [2.45, 2.75) is 12.8 Å². The van der Waals surface area contributed by atoms with Crippen molar-refractivity contribution in [1.82, 2.24) is 24.7 Å². The number of halogens is 1. The molecule has 184 valence electrons. The second kappa shape index (κ2) is 10.2. The molecule has 0 bridgehead atoms. The quantitative estimate of drug-likeness (QED) is 0.333. The van der Waals surface area contributed by atoms with Gasteiger partial charge in [-0.2, -0.15) is 13.1 Å². The summed E-state index contributed by atoms with van der Waals surface area (Å²) in [4.78, 5) is 16.5. The van der Waals surface area contributed by atoms with Crippen LogP contribution < -0.4 is 28.4 Å². The average molecular weight is 565 g/mol. The second-order valence-corrected chi connectivity index (χ2v) is 10.2. The van der Waals surface area contributed by atoms with Gasteiger partial charge in [-0.15, -0.1) is 0 Å². The van der Waals surface area contributed by atoms with Crippen molar-refractivity contribution in [3.05, 3.63) is 41.4 Å². The topological polar surface area (TPSA) is 147 Å². The molecule has 0 unspecified atom stereocenters. The highest BCUT2D eigenvalue weighted by Crippen LogP contribution is 2.40. The fourth-order valence-electron chi connectivity index (χ4n) is 3.23. The van der Waals surface area contributed by atoms with Gasteiger partial charge in [-0.3, -0.25) is 4.72 Å². The van der Waals surface area contributed by atoms with Gasteiger partial charge in [0.05, 0.1) is 10.0 Å². The van der Waals surface area contributed by atoms with Crippen molar-refractivity contribution >= 4 is 32.0 Å². The predicted molar refractivity (Wildman–Crippen MR) is 128 cm³/mol. The van der Waals surface area contributed by atoms with E-state index in [1.54, 1.807) is 30.6 Å². The van der Waals surface area contributed by atoms with E-state index < -0.39 is 10.2 Å². The third kappa shape index (κ3) is 6.07. The number of fused-ring (bicyclic) bond motifs is 1. The molecule has 1 saturated carbocycles. The molecule has 5 rings (SSSR count). The molecule has 1 fully saturated rings. The molecule has 1 aliphatic carbocycles. The number of nitrogens with one attached hydrogen (secondary N) is 2. The summed E-state index contributed by atoms with van der Waals surface area (Å²) in [5.41, 5.74) is 0.935. The maximum Gasteiger partial charge on any atom is 0.316 e. The van der Waals surface area contributed by atoms with Crippen LogP contribution in [0.15, 0.2) is 41.4 Å². The van der Waals surface area contributed by atoms with E-state index in [1.807, 2.05) is 0 Å². The summed E-state index contributed by atoms with van der Waals surface area (Å²) in [6.45, 7) is 0.711. The summed E-state index contributed by atoms with van der Waals surface area (Å²) in [5.74, 6) is 1.71. The van der Waals surface area contributed by atoms with Gasteiger partial charge in [0.25, 0.3) is 10.2 Å². The molecule has 0 radical (unpaired) electrons. The van der Waals surface area contributed by atoms with Crippen LogP contribution in [0.1, 0.15) is 12.8 Å². The lowest BCUT2D eigenvalue weighted by Crippen LogP contribution is -2.32. The number of anilines is 1. The minimum Gasteiger partial charge on any atom is -0.473 e. The molecule has 14 heteroatoms. The average Bonchev–Trinajstić information content (AvgIpc) is 3.56. The summed E-state index contributed by atoms with van der Waals surface area (Å²) in [7, 11) is -3.86. The maximum atomic E-state index is 12.7. The summed E-state index contributed by atoms with van der Waals surface area (Å²) in [6, 6.07) is 5.40. The van der Waals surface area contributed by atoms with Gasteiger partial charge in [0.1, 0.15) is 19.5 Å². The Morgan fingerprint density at radius 3 is 2.60 bits per heavy atom. The highest BCUT2D eigenvalue weighted by atomic mass is 79.9. The van der Waals surface area contributed by atoms with Crippen LogP contribution in [0.2, 0.25) is 0 Å². The van der Waals surface area contributed by atoms with Gasteiger partial charge in [0.15, 0.2) is 17.3 Å². The van der Waals surface area contributed by atoms with Crippen molar-refractivity contribution in [3.8, 4) is 34.5 Å². The Bertz CT molecular complexity index is 1310. The molecule has 35 heavy (non-hydrogen) atoms. The number of ether oxygens (including phenoxy) is 4. The lowest BCUT2D eigenvalue weighted by Gasteiger charge is -2.16. The normalized spacial score (nSPS) is 14.5. The van der Waals surface area contributed by atoms with E-state index >= 15 is 0 Å². The highest BCUT2D eigenvalue weighted by Gasteiger charge is 2.26. The SMILES string of the molecule is O=S(=O)(NCC1CC1)Nc1ncnc(OCCOc2ncc(Br)cn2)c1-c1ccc2c(c1)OCO2. The van der Waals surface area contributed by atoms with Gasteiger partial charge < -0.3 is 18.9 Å². The highest BCUT2D eigenvalue weighted by molar-refractivity contribution is 9.10. The van der Waals surface area contributed by atoms with Crippen LogP contribution in [0.3, 0.4) is 0 Å². The molecule has 12 nitrogen and oxygen atoms in total. The molecule has 3 heterocycles. The zero-order chi connectivity index (χ0) is 24.3. The van der Waals surface area contributed by atoms with E-state index in [0.29, 0.717) is 35.1 Å². The number of hydrogen-bond donors (Lipinski definition) is 2. The van der Waals surface area contributed by atoms with E-state index in [9.17, 15) is 8.42 Å². The molecule has 3 aromatic rings.